The van der Waals surface area contributed by atoms with Gasteiger partial charge in [0.1, 0.15) is 0 Å². The third-order valence-corrected chi connectivity index (χ3v) is 6.00. The Morgan fingerprint density at radius 1 is 1.33 bits per heavy atom. The zero-order valence-electron chi connectivity index (χ0n) is 14.5. The molecule has 1 aromatic carbocycles. The van der Waals surface area contributed by atoms with Gasteiger partial charge in [-0.05, 0) is 57.1 Å². The Kier molecular flexibility index (Phi) is 4.09. The van der Waals surface area contributed by atoms with Crippen LogP contribution in [-0.2, 0) is 11.3 Å². The summed E-state index contributed by atoms with van der Waals surface area (Å²) in [6.07, 6.45) is 5.79. The van der Waals surface area contributed by atoms with Crippen LogP contribution < -0.4 is 10.6 Å². The Labute approximate surface area is 144 Å². The number of nitrogens with one attached hydrogen (secondary N) is 2. The standard InChI is InChI=1S/C20H27N3O/c1-15-18(19(24)21-14-16-7-3-2-4-8-16)17-9-5-10-20(13-17)22-11-6-12-23(15)20/h2-4,7-8,17,22H,5-6,9-14H2,1H3,(H,21,24)/t17-,20+/m0/s1. The summed E-state index contributed by atoms with van der Waals surface area (Å²) >= 11 is 0. The summed E-state index contributed by atoms with van der Waals surface area (Å²) in [5, 5.41) is 6.93. The molecule has 2 atom stereocenters. The van der Waals surface area contributed by atoms with Gasteiger partial charge in [-0.25, -0.2) is 0 Å². The number of nitrogens with zero attached hydrogens (tertiary/aromatic N) is 1. The molecule has 1 amide bonds. The van der Waals surface area contributed by atoms with Crippen molar-refractivity contribution < 1.29 is 4.79 Å². The summed E-state index contributed by atoms with van der Waals surface area (Å²) in [6, 6.07) is 10.2. The zero-order chi connectivity index (χ0) is 16.6. The van der Waals surface area contributed by atoms with E-state index in [9.17, 15) is 4.79 Å². The van der Waals surface area contributed by atoms with E-state index in [-0.39, 0.29) is 11.6 Å². The average Bonchev–Trinajstić information content (AvgIpc) is 2.61. The molecule has 2 bridgehead atoms. The van der Waals surface area contributed by atoms with Gasteiger partial charge in [-0.2, -0.15) is 0 Å². The molecular formula is C20H27N3O. The second kappa shape index (κ2) is 6.25. The molecule has 24 heavy (non-hydrogen) atoms. The van der Waals surface area contributed by atoms with Crippen molar-refractivity contribution in [2.24, 2.45) is 5.92 Å². The molecule has 2 fully saturated rings. The summed E-state index contributed by atoms with van der Waals surface area (Å²) in [5.41, 5.74) is 3.50. The molecule has 1 aromatic rings. The maximum absolute atomic E-state index is 12.9. The van der Waals surface area contributed by atoms with Crippen LogP contribution in [0.25, 0.3) is 0 Å². The second-order valence-corrected chi connectivity index (χ2v) is 7.42. The topological polar surface area (TPSA) is 44.4 Å². The van der Waals surface area contributed by atoms with Crippen LogP contribution in [0.3, 0.4) is 0 Å². The van der Waals surface area contributed by atoms with Gasteiger partial charge >= 0.3 is 0 Å². The van der Waals surface area contributed by atoms with Gasteiger partial charge in [-0.15, -0.1) is 0 Å². The number of fused-ring (bicyclic) bond motifs is 1. The molecule has 4 heteroatoms. The number of amides is 1. The number of carbonyl (C=O) groups excluding carboxylic acids is 1. The first-order valence-electron chi connectivity index (χ1n) is 9.25. The van der Waals surface area contributed by atoms with Crippen LogP contribution in [0, 0.1) is 5.92 Å². The van der Waals surface area contributed by atoms with Crippen molar-refractivity contribution >= 4 is 5.91 Å². The second-order valence-electron chi connectivity index (χ2n) is 7.42. The minimum atomic E-state index is 0.120. The van der Waals surface area contributed by atoms with Crippen LogP contribution >= 0.6 is 0 Å². The van der Waals surface area contributed by atoms with Crippen molar-refractivity contribution in [2.45, 2.75) is 51.2 Å². The Morgan fingerprint density at radius 3 is 3.00 bits per heavy atom. The lowest BCUT2D eigenvalue weighted by Crippen LogP contribution is -2.66. The number of allylic oxidation sites excluding steroid dienone is 1. The van der Waals surface area contributed by atoms with Gasteiger partial charge < -0.3 is 10.2 Å². The highest BCUT2D eigenvalue weighted by atomic mass is 16.1. The lowest BCUT2D eigenvalue weighted by molar-refractivity contribution is -0.119. The summed E-state index contributed by atoms with van der Waals surface area (Å²) in [5.74, 6) is 0.527. The minimum Gasteiger partial charge on any atom is -0.356 e. The van der Waals surface area contributed by atoms with E-state index >= 15 is 0 Å². The molecule has 128 valence electrons. The maximum Gasteiger partial charge on any atom is 0.249 e. The number of hydrogen-bond donors (Lipinski definition) is 2. The first-order valence-corrected chi connectivity index (χ1v) is 9.25. The molecule has 1 saturated carbocycles. The lowest BCUT2D eigenvalue weighted by Gasteiger charge is -2.57. The fourth-order valence-corrected chi connectivity index (χ4v) is 4.93. The Hall–Kier alpha value is -1.81. The van der Waals surface area contributed by atoms with Crippen molar-refractivity contribution in [1.82, 2.24) is 15.5 Å². The molecule has 1 saturated heterocycles. The highest BCUT2D eigenvalue weighted by molar-refractivity contribution is 5.94. The number of rotatable bonds is 3. The van der Waals surface area contributed by atoms with E-state index in [1.165, 1.54) is 18.5 Å². The number of hydrogen-bond acceptors (Lipinski definition) is 3. The predicted molar refractivity (Wildman–Crippen MR) is 95.0 cm³/mol. The highest BCUT2D eigenvalue weighted by Crippen LogP contribution is 2.46. The first kappa shape index (κ1) is 15.7. The van der Waals surface area contributed by atoms with E-state index in [4.69, 9.17) is 0 Å². The van der Waals surface area contributed by atoms with Crippen LogP contribution in [0.1, 0.15) is 44.6 Å². The molecule has 2 heterocycles. The Balaban J connectivity index is 1.56. The van der Waals surface area contributed by atoms with E-state index in [1.807, 2.05) is 18.2 Å². The van der Waals surface area contributed by atoms with Crippen molar-refractivity contribution in [3.8, 4) is 0 Å². The van der Waals surface area contributed by atoms with Crippen LogP contribution in [0.15, 0.2) is 41.6 Å². The molecule has 1 spiro atoms. The largest absolute Gasteiger partial charge is 0.356 e. The van der Waals surface area contributed by atoms with Gasteiger partial charge in [0.2, 0.25) is 5.91 Å². The van der Waals surface area contributed by atoms with Gasteiger partial charge in [0.25, 0.3) is 0 Å². The van der Waals surface area contributed by atoms with Gasteiger partial charge in [0.15, 0.2) is 0 Å². The lowest BCUT2D eigenvalue weighted by atomic mass is 9.71. The van der Waals surface area contributed by atoms with Crippen LogP contribution in [-0.4, -0.2) is 29.6 Å². The summed E-state index contributed by atoms with van der Waals surface area (Å²) in [6.45, 7) is 4.93. The fourth-order valence-electron chi connectivity index (χ4n) is 4.93. The summed E-state index contributed by atoms with van der Waals surface area (Å²) in [4.78, 5) is 15.4. The summed E-state index contributed by atoms with van der Waals surface area (Å²) < 4.78 is 0. The number of benzene rings is 1. The molecule has 3 aliphatic rings. The highest BCUT2D eigenvalue weighted by Gasteiger charge is 2.48. The summed E-state index contributed by atoms with van der Waals surface area (Å²) in [7, 11) is 0. The molecule has 2 N–H and O–H groups in total. The Morgan fingerprint density at radius 2 is 2.17 bits per heavy atom. The van der Waals surface area contributed by atoms with Gasteiger partial charge in [-0.1, -0.05) is 30.3 Å². The van der Waals surface area contributed by atoms with Crippen molar-refractivity contribution in [3.63, 3.8) is 0 Å². The van der Waals surface area contributed by atoms with E-state index in [0.717, 1.165) is 43.5 Å². The van der Waals surface area contributed by atoms with Crippen LogP contribution in [0.5, 0.6) is 0 Å². The van der Waals surface area contributed by atoms with Crippen molar-refractivity contribution in [3.05, 3.63) is 47.2 Å². The molecule has 1 aliphatic carbocycles. The minimum absolute atomic E-state index is 0.120. The van der Waals surface area contributed by atoms with Gasteiger partial charge in [-0.3, -0.25) is 10.1 Å². The molecule has 0 aromatic heterocycles. The SMILES string of the molecule is CC1=C(C(=O)NCc2ccccc2)[C@H]2CCC[C@@]3(C2)NCCCN13. The third-order valence-electron chi connectivity index (χ3n) is 6.00. The number of carbonyl (C=O) groups is 1. The quantitative estimate of drug-likeness (QED) is 0.898. The molecule has 4 rings (SSSR count). The zero-order valence-corrected chi connectivity index (χ0v) is 14.5. The van der Waals surface area contributed by atoms with Crippen LogP contribution in [0.2, 0.25) is 0 Å². The van der Waals surface area contributed by atoms with Gasteiger partial charge in [0, 0.05) is 24.4 Å². The van der Waals surface area contributed by atoms with Crippen molar-refractivity contribution in [2.75, 3.05) is 13.1 Å². The third kappa shape index (κ3) is 2.63. The maximum atomic E-state index is 12.9. The normalized spacial score (nSPS) is 29.2. The Bertz CT molecular complexity index is 650. The molecule has 4 nitrogen and oxygen atoms in total. The molecule has 2 aliphatic heterocycles. The molecular weight excluding hydrogens is 298 g/mol. The smallest absolute Gasteiger partial charge is 0.249 e. The molecule has 0 radical (unpaired) electrons. The van der Waals surface area contributed by atoms with E-state index < -0.39 is 0 Å². The van der Waals surface area contributed by atoms with E-state index in [1.54, 1.807) is 0 Å². The predicted octanol–water partition coefficient (Wildman–Crippen LogP) is 2.77. The van der Waals surface area contributed by atoms with Crippen molar-refractivity contribution in [1.29, 1.82) is 0 Å². The van der Waals surface area contributed by atoms with E-state index in [2.05, 4.69) is 34.6 Å². The van der Waals surface area contributed by atoms with E-state index in [0.29, 0.717) is 12.5 Å². The monoisotopic (exact) mass is 325 g/mol. The van der Waals surface area contributed by atoms with Crippen LogP contribution in [0.4, 0.5) is 0 Å². The average molecular weight is 325 g/mol. The molecule has 0 unspecified atom stereocenters. The first-order chi connectivity index (χ1) is 11.7. The van der Waals surface area contributed by atoms with Gasteiger partial charge in [0.05, 0.1) is 5.66 Å². The fraction of sp³-hybridized carbons (Fsp3) is 0.550.